The molecule has 9 rings (SSSR count). The van der Waals surface area contributed by atoms with E-state index in [1.54, 1.807) is 19.3 Å². The molecule has 0 radical (unpaired) electrons. The van der Waals surface area contributed by atoms with Crippen LogP contribution in [0, 0.1) is 0 Å². The summed E-state index contributed by atoms with van der Waals surface area (Å²) >= 11 is 0. The van der Waals surface area contributed by atoms with E-state index in [1.807, 2.05) is 109 Å². The molecule has 0 bridgehead atoms. The van der Waals surface area contributed by atoms with E-state index in [4.69, 9.17) is 14.2 Å². The molecule has 0 aromatic heterocycles. The molecule has 7 aromatic rings. The van der Waals surface area contributed by atoms with Crippen LogP contribution in [0.25, 0.3) is 50.2 Å². The summed E-state index contributed by atoms with van der Waals surface area (Å²) in [6.45, 7) is 3.49. The zero-order valence-corrected chi connectivity index (χ0v) is 32.9. The summed E-state index contributed by atoms with van der Waals surface area (Å²) < 4.78 is 17.2. The van der Waals surface area contributed by atoms with Gasteiger partial charge in [-0.1, -0.05) is 115 Å². The van der Waals surface area contributed by atoms with Crippen LogP contribution >= 0.6 is 0 Å². The summed E-state index contributed by atoms with van der Waals surface area (Å²) in [7, 11) is 3.06. The number of fused-ring (bicyclic) bond motifs is 3. The molecule has 7 aromatic carbocycles. The second-order valence-electron chi connectivity index (χ2n) is 14.6. The van der Waals surface area contributed by atoms with E-state index >= 15 is 0 Å². The Balaban J connectivity index is 1.12. The Kier molecular flexibility index (Phi) is 10.3. The Bertz CT molecular complexity index is 2670. The van der Waals surface area contributed by atoms with Crippen molar-refractivity contribution in [1.82, 2.24) is 0 Å². The number of amides is 1. The lowest BCUT2D eigenvalue weighted by atomic mass is 9.83. The molecule has 2 aliphatic heterocycles. The predicted molar refractivity (Wildman–Crippen MR) is 238 cm³/mol. The molecule has 0 spiro atoms. The lowest BCUT2D eigenvalue weighted by Crippen LogP contribution is -2.46. The number of nitrogens with zero attached hydrogens (tertiary/aromatic N) is 2. The van der Waals surface area contributed by atoms with Crippen molar-refractivity contribution in [3.8, 4) is 44.9 Å². The van der Waals surface area contributed by atoms with E-state index < -0.39 is 12.1 Å². The minimum Gasteiger partial charge on any atom is -0.497 e. The average Bonchev–Trinajstić information content (AvgIpc) is 3.31. The van der Waals surface area contributed by atoms with Gasteiger partial charge in [0.1, 0.15) is 11.5 Å². The number of ether oxygens (including phenoxy) is 3. The molecule has 1 atom stereocenters. The summed E-state index contributed by atoms with van der Waals surface area (Å²) in [6.07, 6.45) is 2.78. The van der Waals surface area contributed by atoms with Crippen LogP contribution in [0.5, 0.6) is 11.5 Å². The van der Waals surface area contributed by atoms with Crippen LogP contribution in [0.3, 0.4) is 0 Å². The van der Waals surface area contributed by atoms with E-state index in [-0.39, 0.29) is 5.91 Å². The van der Waals surface area contributed by atoms with Gasteiger partial charge in [-0.15, -0.1) is 0 Å². The Labute approximate surface area is 343 Å². The molecular weight excluding hydrogens is 735 g/mol. The van der Waals surface area contributed by atoms with Gasteiger partial charge in [0.25, 0.3) is 5.91 Å². The SMILES string of the molecule is COC(=O)c1cc(NC(=O)C2C=Cc3ccc4ccccc4c3O2)c(-c2ccc(N3CCN(c4ccc(OC)cc4)CC3)cc2)c(-c2ccccc2)c1-c1ccccc1. The van der Waals surface area contributed by atoms with E-state index in [0.717, 1.165) is 81.8 Å². The standard InChI is InChI=1S/C51H43N3O5/c1-57-41-26-24-40(25-27-41)54-31-29-53(30-32-54)39-22-19-37(20-23-39)47-44(52-50(55)45-28-21-38-18-17-34-11-9-10-16-42(34)49(38)59-45)33-43(51(56)58-2)46(35-12-5-3-6-13-35)48(47)36-14-7-4-8-15-36/h3-28,33,45H,29-32H2,1-2H3,(H,52,55). The van der Waals surface area contributed by atoms with Crippen molar-refractivity contribution in [3.63, 3.8) is 0 Å². The summed E-state index contributed by atoms with van der Waals surface area (Å²) in [6, 6.07) is 50.3. The smallest absolute Gasteiger partial charge is 0.338 e. The molecule has 0 saturated carbocycles. The molecule has 1 N–H and O–H groups in total. The third kappa shape index (κ3) is 7.37. The Morgan fingerprint density at radius 2 is 1.20 bits per heavy atom. The molecule has 8 heteroatoms. The van der Waals surface area contributed by atoms with Gasteiger partial charge in [-0.25, -0.2) is 4.79 Å². The van der Waals surface area contributed by atoms with Crippen molar-refractivity contribution in [3.05, 3.63) is 169 Å². The number of piperazine rings is 1. The Hall–Kier alpha value is -7.32. The molecule has 1 saturated heterocycles. The molecule has 292 valence electrons. The third-order valence-corrected chi connectivity index (χ3v) is 11.2. The first-order chi connectivity index (χ1) is 29.0. The molecular formula is C51H43N3O5. The fourth-order valence-electron chi connectivity index (χ4n) is 8.23. The van der Waals surface area contributed by atoms with Crippen LogP contribution < -0.4 is 24.6 Å². The fraction of sp³-hybridized carbons (Fsp3) is 0.137. The highest BCUT2D eigenvalue weighted by Gasteiger charge is 2.29. The molecule has 1 fully saturated rings. The quantitative estimate of drug-likeness (QED) is 0.146. The van der Waals surface area contributed by atoms with Crippen LogP contribution in [0.15, 0.2) is 158 Å². The van der Waals surface area contributed by atoms with Gasteiger partial charge < -0.3 is 29.3 Å². The van der Waals surface area contributed by atoms with Gasteiger partial charge in [0.05, 0.1) is 25.5 Å². The number of anilines is 3. The maximum absolute atomic E-state index is 14.5. The molecule has 2 heterocycles. The largest absolute Gasteiger partial charge is 0.497 e. The van der Waals surface area contributed by atoms with Gasteiger partial charge in [0.15, 0.2) is 6.10 Å². The van der Waals surface area contributed by atoms with E-state index in [1.165, 1.54) is 12.8 Å². The third-order valence-electron chi connectivity index (χ3n) is 11.2. The van der Waals surface area contributed by atoms with Crippen LogP contribution in [0.2, 0.25) is 0 Å². The summed E-state index contributed by atoms with van der Waals surface area (Å²) in [5.74, 6) is 0.627. The molecule has 0 aliphatic carbocycles. The number of carbonyl (C=O) groups is 2. The monoisotopic (exact) mass is 777 g/mol. The summed E-state index contributed by atoms with van der Waals surface area (Å²) in [4.78, 5) is 33.1. The van der Waals surface area contributed by atoms with E-state index in [9.17, 15) is 9.59 Å². The van der Waals surface area contributed by atoms with Gasteiger partial charge in [0.2, 0.25) is 0 Å². The first-order valence-electron chi connectivity index (χ1n) is 19.8. The number of hydrogen-bond donors (Lipinski definition) is 1. The normalized spacial score (nSPS) is 14.6. The maximum Gasteiger partial charge on any atom is 0.338 e. The van der Waals surface area contributed by atoms with Crippen molar-refractivity contribution in [2.45, 2.75) is 6.10 Å². The fourth-order valence-corrected chi connectivity index (χ4v) is 8.23. The maximum atomic E-state index is 14.5. The second kappa shape index (κ2) is 16.3. The number of methoxy groups -OCH3 is 2. The molecule has 1 amide bonds. The second-order valence-corrected chi connectivity index (χ2v) is 14.6. The lowest BCUT2D eigenvalue weighted by Gasteiger charge is -2.37. The zero-order chi connectivity index (χ0) is 40.3. The van der Waals surface area contributed by atoms with Crippen molar-refractivity contribution < 1.29 is 23.8 Å². The highest BCUT2D eigenvalue weighted by molar-refractivity contribution is 6.12. The van der Waals surface area contributed by atoms with Crippen LogP contribution in [0.1, 0.15) is 15.9 Å². The summed E-state index contributed by atoms with van der Waals surface area (Å²) in [5, 5.41) is 5.18. The molecule has 2 aliphatic rings. The molecule has 59 heavy (non-hydrogen) atoms. The number of rotatable bonds is 9. The van der Waals surface area contributed by atoms with Gasteiger partial charge in [-0.2, -0.15) is 0 Å². The topological polar surface area (TPSA) is 80.3 Å². The number of nitrogens with one attached hydrogen (secondary N) is 1. The zero-order valence-electron chi connectivity index (χ0n) is 32.9. The average molecular weight is 778 g/mol. The first kappa shape index (κ1) is 37.3. The summed E-state index contributed by atoms with van der Waals surface area (Å²) in [5.41, 5.74) is 8.89. The van der Waals surface area contributed by atoms with E-state index in [2.05, 4.69) is 57.6 Å². The Morgan fingerprint density at radius 1 is 0.627 bits per heavy atom. The first-order valence-corrected chi connectivity index (χ1v) is 19.8. The van der Waals surface area contributed by atoms with Gasteiger partial charge in [0, 0.05) is 65.2 Å². The Morgan fingerprint density at radius 3 is 1.83 bits per heavy atom. The number of benzene rings is 7. The number of hydrogen-bond acceptors (Lipinski definition) is 7. The van der Waals surface area contributed by atoms with Crippen molar-refractivity contribution in [1.29, 1.82) is 0 Å². The minimum absolute atomic E-state index is 0.333. The molecule has 1 unspecified atom stereocenters. The molecule has 8 nitrogen and oxygen atoms in total. The van der Waals surface area contributed by atoms with Gasteiger partial charge in [-0.3, -0.25) is 4.79 Å². The predicted octanol–water partition coefficient (Wildman–Crippen LogP) is 10.4. The van der Waals surface area contributed by atoms with Crippen molar-refractivity contribution in [2.24, 2.45) is 0 Å². The van der Waals surface area contributed by atoms with Crippen LogP contribution in [0.4, 0.5) is 17.1 Å². The van der Waals surface area contributed by atoms with Crippen LogP contribution in [-0.4, -0.2) is 58.4 Å². The highest BCUT2D eigenvalue weighted by atomic mass is 16.5. The van der Waals surface area contributed by atoms with Gasteiger partial charge >= 0.3 is 5.97 Å². The van der Waals surface area contributed by atoms with Crippen molar-refractivity contribution in [2.75, 3.05) is 55.5 Å². The minimum atomic E-state index is -0.921. The van der Waals surface area contributed by atoms with E-state index in [0.29, 0.717) is 22.6 Å². The van der Waals surface area contributed by atoms with Crippen LogP contribution in [-0.2, 0) is 9.53 Å². The lowest BCUT2D eigenvalue weighted by molar-refractivity contribution is -0.120. The number of carbonyl (C=O) groups excluding carboxylic acids is 2. The number of esters is 1. The highest BCUT2D eigenvalue weighted by Crippen LogP contribution is 2.47. The van der Waals surface area contributed by atoms with Gasteiger partial charge in [-0.05, 0) is 70.6 Å². The van der Waals surface area contributed by atoms with Crippen molar-refractivity contribution >= 4 is 45.8 Å².